The van der Waals surface area contributed by atoms with Crippen molar-refractivity contribution in [1.82, 2.24) is 5.32 Å². The van der Waals surface area contributed by atoms with Crippen molar-refractivity contribution in [2.75, 3.05) is 6.54 Å². The monoisotopic (exact) mass is 212 g/mol. The summed E-state index contributed by atoms with van der Waals surface area (Å²) in [5, 5.41) is 6.55. The van der Waals surface area contributed by atoms with Crippen LogP contribution in [0, 0.1) is 0 Å². The molecule has 2 nitrogen and oxygen atoms in total. The summed E-state index contributed by atoms with van der Waals surface area (Å²) in [6.07, 6.45) is 0. The van der Waals surface area contributed by atoms with Crippen molar-refractivity contribution in [2.45, 2.75) is 18.7 Å². The topological polar surface area (TPSA) is 24.4 Å². The van der Waals surface area contributed by atoms with Gasteiger partial charge in [-0.15, -0.1) is 11.3 Å². The molecule has 2 rings (SSSR count). The van der Waals surface area contributed by atoms with Gasteiger partial charge in [-0.25, -0.2) is 0 Å². The number of amidine groups is 1. The number of hydrogen-bond donors (Lipinski definition) is 1. The highest BCUT2D eigenvalue weighted by atomic mass is 32.2. The third-order valence-electron chi connectivity index (χ3n) is 1.81. The standard InChI is InChI=1S/C9H12N2S2/c1-7-5-10-9(11-7)13-6-8-3-2-4-12-8/h2-4,7H,5-6H2,1H3,(H,10,11). The number of rotatable bonds is 2. The molecular formula is C9H12N2S2. The Morgan fingerprint density at radius 1 is 1.77 bits per heavy atom. The van der Waals surface area contributed by atoms with Gasteiger partial charge in [-0.1, -0.05) is 17.8 Å². The Hall–Kier alpha value is -0.480. The van der Waals surface area contributed by atoms with Crippen LogP contribution in [0.4, 0.5) is 0 Å². The summed E-state index contributed by atoms with van der Waals surface area (Å²) in [7, 11) is 0. The fourth-order valence-electron chi connectivity index (χ4n) is 1.14. The van der Waals surface area contributed by atoms with E-state index in [1.54, 1.807) is 23.1 Å². The zero-order valence-corrected chi connectivity index (χ0v) is 9.12. The molecule has 1 aromatic rings. The Labute approximate surface area is 86.5 Å². The molecule has 4 heteroatoms. The summed E-state index contributed by atoms with van der Waals surface area (Å²) in [6, 6.07) is 4.77. The van der Waals surface area contributed by atoms with E-state index in [1.165, 1.54) is 4.88 Å². The minimum atomic E-state index is 0.519. The molecule has 1 aliphatic heterocycles. The molecule has 0 saturated carbocycles. The van der Waals surface area contributed by atoms with Crippen molar-refractivity contribution < 1.29 is 0 Å². The van der Waals surface area contributed by atoms with Crippen molar-refractivity contribution >= 4 is 28.3 Å². The van der Waals surface area contributed by atoms with E-state index >= 15 is 0 Å². The van der Waals surface area contributed by atoms with Crippen LogP contribution in [0.2, 0.25) is 0 Å². The Morgan fingerprint density at radius 3 is 3.31 bits per heavy atom. The molecule has 70 valence electrons. The highest BCUT2D eigenvalue weighted by Gasteiger charge is 2.12. The van der Waals surface area contributed by atoms with Crippen molar-refractivity contribution in [3.63, 3.8) is 0 Å². The summed E-state index contributed by atoms with van der Waals surface area (Å²) in [4.78, 5) is 5.80. The lowest BCUT2D eigenvalue weighted by Crippen LogP contribution is -2.25. The van der Waals surface area contributed by atoms with Crippen molar-refractivity contribution in [3.8, 4) is 0 Å². The number of nitrogens with one attached hydrogen (secondary N) is 1. The van der Waals surface area contributed by atoms with Gasteiger partial charge in [-0.3, -0.25) is 4.99 Å². The number of thiophene rings is 1. The molecular weight excluding hydrogens is 200 g/mol. The molecule has 0 amide bonds. The van der Waals surface area contributed by atoms with Gasteiger partial charge in [0.25, 0.3) is 0 Å². The van der Waals surface area contributed by atoms with Crippen LogP contribution < -0.4 is 5.32 Å². The lowest BCUT2D eigenvalue weighted by atomic mass is 10.4. The third-order valence-corrected chi connectivity index (χ3v) is 3.84. The molecule has 0 bridgehead atoms. The quantitative estimate of drug-likeness (QED) is 0.813. The molecule has 2 heterocycles. The fraction of sp³-hybridized carbons (Fsp3) is 0.444. The average molecular weight is 212 g/mol. The first-order valence-electron chi connectivity index (χ1n) is 4.31. The van der Waals surface area contributed by atoms with Crippen LogP contribution in [-0.2, 0) is 5.75 Å². The minimum Gasteiger partial charge on any atom is -0.361 e. The van der Waals surface area contributed by atoms with Crippen LogP contribution >= 0.6 is 23.1 Å². The summed E-state index contributed by atoms with van der Waals surface area (Å²) in [5.74, 6) is 1.04. The molecule has 0 radical (unpaired) electrons. The fourth-order valence-corrected chi connectivity index (χ4v) is 2.91. The van der Waals surface area contributed by atoms with Crippen LogP contribution in [0.25, 0.3) is 0 Å². The zero-order chi connectivity index (χ0) is 9.10. The van der Waals surface area contributed by atoms with E-state index in [1.807, 2.05) is 0 Å². The molecule has 1 aromatic heterocycles. The number of aliphatic imine (C=N–C) groups is 1. The predicted octanol–water partition coefficient (Wildman–Crippen LogP) is 2.33. The Kier molecular flexibility index (Phi) is 2.90. The maximum absolute atomic E-state index is 4.39. The normalized spacial score (nSPS) is 21.3. The van der Waals surface area contributed by atoms with Gasteiger partial charge in [-0.05, 0) is 18.4 Å². The summed E-state index contributed by atoms with van der Waals surface area (Å²) >= 11 is 3.60. The summed E-state index contributed by atoms with van der Waals surface area (Å²) in [5.41, 5.74) is 0. The van der Waals surface area contributed by atoms with Gasteiger partial charge in [0.2, 0.25) is 0 Å². The predicted molar refractivity (Wildman–Crippen MR) is 60.5 cm³/mol. The Morgan fingerprint density at radius 2 is 2.69 bits per heavy atom. The number of thioether (sulfide) groups is 1. The lowest BCUT2D eigenvalue weighted by molar-refractivity contribution is 0.728. The zero-order valence-electron chi connectivity index (χ0n) is 7.49. The maximum atomic E-state index is 4.39. The van der Waals surface area contributed by atoms with Gasteiger partial charge in [0, 0.05) is 16.7 Å². The van der Waals surface area contributed by atoms with E-state index in [-0.39, 0.29) is 0 Å². The molecule has 0 aromatic carbocycles. The van der Waals surface area contributed by atoms with Crippen LogP contribution in [0.3, 0.4) is 0 Å². The Bertz CT molecular complexity index is 293. The first-order chi connectivity index (χ1) is 6.34. The molecule has 1 atom stereocenters. The molecule has 1 aliphatic rings. The van der Waals surface area contributed by atoms with E-state index in [4.69, 9.17) is 0 Å². The maximum Gasteiger partial charge on any atom is 0.157 e. The van der Waals surface area contributed by atoms with Crippen LogP contribution in [-0.4, -0.2) is 17.8 Å². The smallest absolute Gasteiger partial charge is 0.157 e. The lowest BCUT2D eigenvalue weighted by Gasteiger charge is -2.03. The summed E-state index contributed by atoms with van der Waals surface area (Å²) in [6.45, 7) is 3.08. The highest BCUT2D eigenvalue weighted by molar-refractivity contribution is 8.13. The van der Waals surface area contributed by atoms with Crippen LogP contribution in [0.15, 0.2) is 22.5 Å². The molecule has 0 saturated heterocycles. The third kappa shape index (κ3) is 2.48. The highest BCUT2D eigenvalue weighted by Crippen LogP contribution is 2.19. The van der Waals surface area contributed by atoms with E-state index in [0.717, 1.165) is 17.5 Å². The van der Waals surface area contributed by atoms with Gasteiger partial charge in [0.1, 0.15) is 0 Å². The molecule has 0 aliphatic carbocycles. The van der Waals surface area contributed by atoms with Crippen molar-refractivity contribution in [1.29, 1.82) is 0 Å². The Balaban J connectivity index is 1.81. The van der Waals surface area contributed by atoms with Gasteiger partial charge in [0.05, 0.1) is 6.54 Å². The first-order valence-corrected chi connectivity index (χ1v) is 6.17. The molecule has 0 spiro atoms. The van der Waals surface area contributed by atoms with E-state index in [2.05, 4.69) is 34.7 Å². The molecule has 0 fully saturated rings. The number of hydrogen-bond acceptors (Lipinski definition) is 4. The van der Waals surface area contributed by atoms with Gasteiger partial charge in [0.15, 0.2) is 5.17 Å². The van der Waals surface area contributed by atoms with E-state index in [9.17, 15) is 0 Å². The van der Waals surface area contributed by atoms with Crippen molar-refractivity contribution in [3.05, 3.63) is 22.4 Å². The number of nitrogens with zero attached hydrogens (tertiary/aromatic N) is 1. The summed E-state index contributed by atoms with van der Waals surface area (Å²) < 4.78 is 0. The average Bonchev–Trinajstić information content (AvgIpc) is 2.71. The molecule has 1 unspecified atom stereocenters. The van der Waals surface area contributed by atoms with Crippen molar-refractivity contribution in [2.24, 2.45) is 4.99 Å². The van der Waals surface area contributed by atoms with Crippen LogP contribution in [0.1, 0.15) is 11.8 Å². The first kappa shape index (κ1) is 9.09. The molecule has 1 N–H and O–H groups in total. The van der Waals surface area contributed by atoms with E-state index in [0.29, 0.717) is 6.04 Å². The van der Waals surface area contributed by atoms with Gasteiger partial charge >= 0.3 is 0 Å². The minimum absolute atomic E-state index is 0.519. The van der Waals surface area contributed by atoms with Crippen LogP contribution in [0.5, 0.6) is 0 Å². The molecule has 13 heavy (non-hydrogen) atoms. The second-order valence-corrected chi connectivity index (χ2v) is 5.06. The van der Waals surface area contributed by atoms with Gasteiger partial charge in [-0.2, -0.15) is 0 Å². The largest absolute Gasteiger partial charge is 0.361 e. The second-order valence-electron chi connectivity index (χ2n) is 3.06. The van der Waals surface area contributed by atoms with Gasteiger partial charge < -0.3 is 5.32 Å². The van der Waals surface area contributed by atoms with E-state index < -0.39 is 0 Å². The SMILES string of the molecule is CC1CN=C(SCc2cccs2)N1. The second kappa shape index (κ2) is 4.15.